The Hall–Kier alpha value is -1.05. The van der Waals surface area contributed by atoms with Crippen molar-refractivity contribution in [1.82, 2.24) is 0 Å². The SMILES string of the molecule is CCC1CC=C[C-]=[N+]1C(c1ccccc1)c1ccccc1.[Zn+][Br]. The van der Waals surface area contributed by atoms with Gasteiger partial charge in [0.1, 0.15) is 6.04 Å². The van der Waals surface area contributed by atoms with E-state index in [9.17, 15) is 0 Å². The summed E-state index contributed by atoms with van der Waals surface area (Å²) in [5.41, 5.74) is 2.65. The second kappa shape index (κ2) is 9.95. The third-order valence-corrected chi connectivity index (χ3v) is 4.12. The summed E-state index contributed by atoms with van der Waals surface area (Å²) in [6.07, 6.45) is 9.98. The molecule has 1 atom stereocenters. The van der Waals surface area contributed by atoms with E-state index in [0.717, 1.165) is 12.8 Å². The summed E-state index contributed by atoms with van der Waals surface area (Å²) in [6.45, 7) is 2.26. The molecule has 1 heterocycles. The van der Waals surface area contributed by atoms with Crippen LogP contribution in [-0.4, -0.2) is 16.8 Å². The summed E-state index contributed by atoms with van der Waals surface area (Å²) in [5.74, 6) is 0. The van der Waals surface area contributed by atoms with Crippen molar-refractivity contribution in [3.05, 3.63) is 83.9 Å². The van der Waals surface area contributed by atoms with Crippen molar-refractivity contribution < 1.29 is 20.9 Å². The van der Waals surface area contributed by atoms with Crippen LogP contribution in [0.2, 0.25) is 0 Å². The molecule has 0 saturated heterocycles. The number of rotatable bonds is 4. The molecule has 0 amide bonds. The van der Waals surface area contributed by atoms with Crippen LogP contribution in [-0.2, 0) is 16.3 Å². The third kappa shape index (κ3) is 4.72. The van der Waals surface area contributed by atoms with Crippen LogP contribution in [0.4, 0.5) is 0 Å². The molecule has 114 valence electrons. The van der Waals surface area contributed by atoms with Crippen LogP contribution < -0.4 is 0 Å². The fourth-order valence-corrected chi connectivity index (χ4v) is 3.02. The Morgan fingerprint density at radius 2 is 1.57 bits per heavy atom. The van der Waals surface area contributed by atoms with Gasteiger partial charge in [-0.1, -0.05) is 67.6 Å². The van der Waals surface area contributed by atoms with Gasteiger partial charge in [0.2, 0.25) is 0 Å². The number of halogens is 1. The van der Waals surface area contributed by atoms with Crippen LogP contribution >= 0.6 is 13.6 Å². The molecule has 2 aromatic rings. The molecule has 0 spiro atoms. The van der Waals surface area contributed by atoms with E-state index in [1.165, 1.54) is 27.5 Å². The number of hydrogen-bond donors (Lipinski definition) is 0. The Kier molecular flexibility index (Phi) is 7.92. The molecule has 23 heavy (non-hydrogen) atoms. The number of benzene rings is 2. The molecular formula is C20H21BrNZn+. The van der Waals surface area contributed by atoms with Crippen LogP contribution in [0, 0.1) is 0 Å². The first kappa shape index (κ1) is 18.3. The molecule has 1 aliphatic rings. The minimum absolute atomic E-state index is 0.238. The van der Waals surface area contributed by atoms with E-state index in [-0.39, 0.29) is 6.04 Å². The molecule has 1 unspecified atom stereocenters. The Morgan fingerprint density at radius 1 is 1.04 bits per heavy atom. The molecule has 0 aliphatic carbocycles. The molecule has 0 radical (unpaired) electrons. The van der Waals surface area contributed by atoms with Crippen LogP contribution in [0.5, 0.6) is 0 Å². The first-order valence-electron chi connectivity index (χ1n) is 7.96. The molecule has 3 heteroatoms. The Labute approximate surface area is 156 Å². The van der Waals surface area contributed by atoms with Crippen LogP contribution in [0.1, 0.15) is 36.9 Å². The van der Waals surface area contributed by atoms with Gasteiger partial charge in [0.05, 0.1) is 0 Å². The van der Waals surface area contributed by atoms with E-state index in [0.29, 0.717) is 6.04 Å². The van der Waals surface area contributed by atoms with E-state index in [4.69, 9.17) is 0 Å². The standard InChI is InChI=1S/C20H21N.BrH.Zn/c1-2-19-15-9-10-16-21(19)20(17-11-5-3-6-12-17)18-13-7-4-8-14-18;;/h3-14,19-20H,2,15H2,1H3;1H;/q;;+2/p-1. The van der Waals surface area contributed by atoms with Crippen molar-refractivity contribution in [3.8, 4) is 0 Å². The summed E-state index contributed by atoms with van der Waals surface area (Å²) in [7, 11) is 0. The van der Waals surface area contributed by atoms with Gasteiger partial charge in [-0.2, -0.15) is 6.08 Å². The van der Waals surface area contributed by atoms with Gasteiger partial charge in [0.15, 0.2) is 6.04 Å². The zero-order valence-electron chi connectivity index (χ0n) is 13.5. The van der Waals surface area contributed by atoms with E-state index in [2.05, 4.69) is 104 Å². The predicted molar refractivity (Wildman–Crippen MR) is 96.8 cm³/mol. The van der Waals surface area contributed by atoms with Gasteiger partial charge < -0.3 is 4.58 Å². The maximum absolute atomic E-state index is 3.47. The van der Waals surface area contributed by atoms with E-state index < -0.39 is 0 Å². The molecule has 0 N–H and O–H groups in total. The van der Waals surface area contributed by atoms with E-state index >= 15 is 0 Å². The molecule has 2 aromatic carbocycles. The van der Waals surface area contributed by atoms with Gasteiger partial charge >= 0.3 is 30.0 Å². The number of nitrogens with zero attached hydrogens (tertiary/aromatic N) is 1. The average Bonchev–Trinajstić information content (AvgIpc) is 2.66. The van der Waals surface area contributed by atoms with E-state index in [1.807, 2.05) is 0 Å². The fourth-order valence-electron chi connectivity index (χ4n) is 3.02. The number of allylic oxidation sites excluding steroid dienone is 1. The fraction of sp³-hybridized carbons (Fsp3) is 0.250. The van der Waals surface area contributed by atoms with Crippen molar-refractivity contribution >= 4 is 19.8 Å². The number of hydrogen-bond acceptors (Lipinski definition) is 0. The second-order valence-electron chi connectivity index (χ2n) is 5.46. The molecule has 0 bridgehead atoms. The van der Waals surface area contributed by atoms with Gasteiger partial charge in [-0.3, -0.25) is 0 Å². The molecule has 0 saturated carbocycles. The van der Waals surface area contributed by atoms with Gasteiger partial charge in [-0.25, -0.2) is 6.08 Å². The topological polar surface area (TPSA) is 3.01 Å². The monoisotopic (exact) mass is 418 g/mol. The van der Waals surface area contributed by atoms with Gasteiger partial charge in [-0.05, 0) is 6.42 Å². The third-order valence-electron chi connectivity index (χ3n) is 4.12. The van der Waals surface area contributed by atoms with Crippen molar-refractivity contribution in [2.75, 3.05) is 0 Å². The molecule has 3 rings (SSSR count). The quantitative estimate of drug-likeness (QED) is 0.358. The first-order chi connectivity index (χ1) is 11.4. The maximum atomic E-state index is 3.47. The molecule has 1 nitrogen and oxygen atoms in total. The molecule has 1 aliphatic heterocycles. The van der Waals surface area contributed by atoms with Crippen molar-refractivity contribution in [1.29, 1.82) is 0 Å². The van der Waals surface area contributed by atoms with Crippen LogP contribution in [0.25, 0.3) is 0 Å². The second-order valence-corrected chi connectivity index (χ2v) is 5.46. The molecular weight excluding hydrogens is 400 g/mol. The average molecular weight is 421 g/mol. The minimum atomic E-state index is 0.238. The summed E-state index contributed by atoms with van der Waals surface area (Å²) in [4.78, 5) is 0. The van der Waals surface area contributed by atoms with E-state index in [1.54, 1.807) is 0 Å². The molecule has 0 fully saturated rings. The van der Waals surface area contributed by atoms with Crippen molar-refractivity contribution in [2.45, 2.75) is 31.8 Å². The first-order valence-corrected chi connectivity index (χ1v) is 14.9. The van der Waals surface area contributed by atoms with Crippen LogP contribution in [0.15, 0.2) is 72.8 Å². The zero-order chi connectivity index (χ0) is 16.5. The summed E-state index contributed by atoms with van der Waals surface area (Å²) in [6, 6.07) is 22.2. The Balaban J connectivity index is 0.000000924. The summed E-state index contributed by atoms with van der Waals surface area (Å²) in [5, 5.41) is 0. The van der Waals surface area contributed by atoms with Crippen molar-refractivity contribution in [3.63, 3.8) is 0 Å². The van der Waals surface area contributed by atoms with Gasteiger partial charge in [0.25, 0.3) is 0 Å². The van der Waals surface area contributed by atoms with Crippen LogP contribution in [0.3, 0.4) is 0 Å². The zero-order valence-corrected chi connectivity index (χ0v) is 18.1. The summed E-state index contributed by atoms with van der Waals surface area (Å²) >= 11 is 4.25. The van der Waals surface area contributed by atoms with Crippen molar-refractivity contribution in [2.24, 2.45) is 0 Å². The van der Waals surface area contributed by atoms with Gasteiger partial charge in [0, 0.05) is 23.8 Å². The normalized spacial score (nSPS) is 16.6. The van der Waals surface area contributed by atoms with Gasteiger partial charge in [-0.15, -0.1) is 0 Å². The summed E-state index contributed by atoms with van der Waals surface area (Å²) < 4.78 is 2.39. The molecule has 0 aromatic heterocycles. The predicted octanol–water partition coefficient (Wildman–Crippen LogP) is 5.32. The Morgan fingerprint density at radius 3 is 2.04 bits per heavy atom. The Bertz CT molecular complexity index is 598.